The molecule has 0 heterocycles. The fourth-order valence-electron chi connectivity index (χ4n) is 1.97. The summed E-state index contributed by atoms with van der Waals surface area (Å²) in [6.45, 7) is 0. The first kappa shape index (κ1) is 12.2. The number of anilines is 1. The van der Waals surface area contributed by atoms with Gasteiger partial charge in [-0.2, -0.15) is 0 Å². The molecule has 2 nitrogen and oxygen atoms in total. The van der Waals surface area contributed by atoms with Crippen LogP contribution in [0, 0.1) is 11.6 Å². The van der Waals surface area contributed by atoms with Gasteiger partial charge in [0.1, 0.15) is 4.99 Å². The molecule has 1 aromatic carbocycles. The fourth-order valence-corrected chi connectivity index (χ4v) is 2.13. The maximum atomic E-state index is 13.9. The van der Waals surface area contributed by atoms with E-state index < -0.39 is 11.6 Å². The molecular formula is C12H14F2N2S. The molecule has 0 radical (unpaired) electrons. The van der Waals surface area contributed by atoms with Crippen LogP contribution in [0.25, 0.3) is 0 Å². The Morgan fingerprint density at radius 2 is 2.00 bits per heavy atom. The van der Waals surface area contributed by atoms with Crippen molar-refractivity contribution in [2.24, 2.45) is 5.73 Å². The van der Waals surface area contributed by atoms with E-state index in [9.17, 15) is 8.78 Å². The maximum absolute atomic E-state index is 13.9. The van der Waals surface area contributed by atoms with E-state index in [4.69, 9.17) is 5.73 Å². The van der Waals surface area contributed by atoms with Gasteiger partial charge in [-0.05, 0) is 31.4 Å². The van der Waals surface area contributed by atoms with Crippen molar-refractivity contribution >= 4 is 22.9 Å². The second-order valence-corrected chi connectivity index (χ2v) is 4.76. The molecule has 5 heteroatoms. The maximum Gasteiger partial charge on any atom is 0.182 e. The Kier molecular flexibility index (Phi) is 3.28. The number of benzene rings is 1. The molecule has 1 aromatic rings. The van der Waals surface area contributed by atoms with Gasteiger partial charge in [-0.15, -0.1) is 0 Å². The molecule has 1 fully saturated rings. The molecule has 1 aliphatic rings. The van der Waals surface area contributed by atoms with E-state index in [1.165, 1.54) is 12.1 Å². The van der Waals surface area contributed by atoms with E-state index in [0.29, 0.717) is 6.04 Å². The molecule has 1 saturated carbocycles. The zero-order valence-electron chi connectivity index (χ0n) is 9.54. The van der Waals surface area contributed by atoms with Crippen LogP contribution in [0.5, 0.6) is 0 Å². The molecule has 0 atom stereocenters. The number of hydrogen-bond acceptors (Lipinski definition) is 2. The number of rotatable bonds is 3. The predicted molar refractivity (Wildman–Crippen MR) is 68.3 cm³/mol. The van der Waals surface area contributed by atoms with Gasteiger partial charge in [0.15, 0.2) is 11.6 Å². The average Bonchev–Trinajstić information content (AvgIpc) is 2.18. The van der Waals surface area contributed by atoms with Gasteiger partial charge in [-0.3, -0.25) is 0 Å². The summed E-state index contributed by atoms with van der Waals surface area (Å²) in [6, 6.07) is 3.27. The molecule has 0 spiro atoms. The Morgan fingerprint density at radius 3 is 2.47 bits per heavy atom. The number of nitrogens with two attached hydrogens (primary N) is 1. The Bertz CT molecular complexity index is 458. The molecule has 0 aliphatic heterocycles. The van der Waals surface area contributed by atoms with Crippen LogP contribution in [0.4, 0.5) is 14.5 Å². The van der Waals surface area contributed by atoms with Crippen LogP contribution >= 0.6 is 12.2 Å². The largest absolute Gasteiger partial charge is 0.389 e. The summed E-state index contributed by atoms with van der Waals surface area (Å²) in [7, 11) is 1.78. The normalized spacial score (nSPS) is 15.5. The Hall–Kier alpha value is -1.23. The molecule has 92 valence electrons. The Morgan fingerprint density at radius 1 is 1.35 bits per heavy atom. The van der Waals surface area contributed by atoms with Crippen molar-refractivity contribution in [3.05, 3.63) is 29.3 Å². The van der Waals surface area contributed by atoms with Crippen molar-refractivity contribution in [3.8, 4) is 0 Å². The third kappa shape index (κ3) is 2.11. The molecule has 2 N–H and O–H groups in total. The predicted octanol–water partition coefficient (Wildman–Crippen LogP) is 2.59. The molecular weight excluding hydrogens is 242 g/mol. The van der Waals surface area contributed by atoms with Crippen LogP contribution in [-0.2, 0) is 0 Å². The lowest BCUT2D eigenvalue weighted by molar-refractivity contribution is 0.395. The number of thiocarbonyl (C=S) groups is 1. The van der Waals surface area contributed by atoms with E-state index in [-0.39, 0.29) is 16.2 Å². The van der Waals surface area contributed by atoms with E-state index in [2.05, 4.69) is 12.2 Å². The smallest absolute Gasteiger partial charge is 0.182 e. The van der Waals surface area contributed by atoms with Crippen LogP contribution < -0.4 is 10.6 Å². The monoisotopic (exact) mass is 256 g/mol. The average molecular weight is 256 g/mol. The molecule has 2 rings (SSSR count). The van der Waals surface area contributed by atoms with Gasteiger partial charge in [-0.1, -0.05) is 12.2 Å². The third-order valence-electron chi connectivity index (χ3n) is 3.33. The van der Waals surface area contributed by atoms with Gasteiger partial charge in [0.05, 0.1) is 5.69 Å². The molecule has 0 saturated heterocycles. The van der Waals surface area contributed by atoms with Gasteiger partial charge in [0, 0.05) is 18.7 Å². The minimum atomic E-state index is -0.957. The van der Waals surface area contributed by atoms with Crippen molar-refractivity contribution in [3.63, 3.8) is 0 Å². The Balaban J connectivity index is 2.36. The highest BCUT2D eigenvalue weighted by Crippen LogP contribution is 2.31. The van der Waals surface area contributed by atoms with Gasteiger partial charge >= 0.3 is 0 Å². The lowest BCUT2D eigenvalue weighted by Gasteiger charge is -2.36. The van der Waals surface area contributed by atoms with Gasteiger partial charge in [-0.25, -0.2) is 8.78 Å². The van der Waals surface area contributed by atoms with E-state index in [1.807, 2.05) is 0 Å². The molecule has 0 aromatic heterocycles. The van der Waals surface area contributed by atoms with Crippen LogP contribution in [0.15, 0.2) is 12.1 Å². The summed E-state index contributed by atoms with van der Waals surface area (Å²) < 4.78 is 27.6. The standard InChI is InChI=1S/C12H14F2N2S/c1-16(7-3-2-4-7)9-6-5-8(12(15)17)10(13)11(9)14/h5-7H,2-4H2,1H3,(H2,15,17). The molecule has 0 bridgehead atoms. The summed E-state index contributed by atoms with van der Waals surface area (Å²) in [5, 5.41) is 0. The number of hydrogen-bond donors (Lipinski definition) is 1. The minimum Gasteiger partial charge on any atom is -0.389 e. The van der Waals surface area contributed by atoms with Crippen molar-refractivity contribution in [2.75, 3.05) is 11.9 Å². The topological polar surface area (TPSA) is 29.3 Å². The highest BCUT2D eigenvalue weighted by atomic mass is 32.1. The Labute approximate surface area is 104 Å². The molecule has 17 heavy (non-hydrogen) atoms. The second-order valence-electron chi connectivity index (χ2n) is 4.32. The zero-order chi connectivity index (χ0) is 12.6. The minimum absolute atomic E-state index is 0.0386. The lowest BCUT2D eigenvalue weighted by atomic mass is 9.91. The van der Waals surface area contributed by atoms with Crippen LogP contribution in [0.1, 0.15) is 24.8 Å². The first-order valence-corrected chi connectivity index (χ1v) is 5.94. The summed E-state index contributed by atoms with van der Waals surface area (Å²) in [4.78, 5) is 1.66. The van der Waals surface area contributed by atoms with Gasteiger partial charge < -0.3 is 10.6 Å². The zero-order valence-corrected chi connectivity index (χ0v) is 10.4. The van der Waals surface area contributed by atoms with Crippen LogP contribution in [-0.4, -0.2) is 18.1 Å². The van der Waals surface area contributed by atoms with Crippen molar-refractivity contribution < 1.29 is 8.78 Å². The van der Waals surface area contributed by atoms with E-state index in [1.54, 1.807) is 11.9 Å². The molecule has 0 amide bonds. The summed E-state index contributed by atoms with van der Waals surface area (Å²) in [5.41, 5.74) is 5.55. The first-order chi connectivity index (χ1) is 8.02. The highest BCUT2D eigenvalue weighted by Gasteiger charge is 2.26. The molecule has 0 unspecified atom stereocenters. The SMILES string of the molecule is CN(c1ccc(C(N)=S)c(F)c1F)C1CCC1. The van der Waals surface area contributed by atoms with Crippen molar-refractivity contribution in [1.82, 2.24) is 0 Å². The van der Waals surface area contributed by atoms with Crippen molar-refractivity contribution in [2.45, 2.75) is 25.3 Å². The van der Waals surface area contributed by atoms with Gasteiger partial charge in [0.25, 0.3) is 0 Å². The summed E-state index contributed by atoms with van der Waals surface area (Å²) >= 11 is 4.66. The van der Waals surface area contributed by atoms with E-state index >= 15 is 0 Å². The number of halogens is 2. The van der Waals surface area contributed by atoms with Crippen LogP contribution in [0.2, 0.25) is 0 Å². The first-order valence-electron chi connectivity index (χ1n) is 5.53. The second kappa shape index (κ2) is 4.56. The molecule has 1 aliphatic carbocycles. The highest BCUT2D eigenvalue weighted by molar-refractivity contribution is 7.80. The quantitative estimate of drug-likeness (QED) is 0.843. The number of nitrogens with zero attached hydrogens (tertiary/aromatic N) is 1. The summed E-state index contributed by atoms with van der Waals surface area (Å²) in [6.07, 6.45) is 3.19. The van der Waals surface area contributed by atoms with Crippen molar-refractivity contribution in [1.29, 1.82) is 0 Å². The van der Waals surface area contributed by atoms with E-state index in [0.717, 1.165) is 19.3 Å². The lowest BCUT2D eigenvalue weighted by Crippen LogP contribution is -2.37. The fraction of sp³-hybridized carbons (Fsp3) is 0.417. The van der Waals surface area contributed by atoms with Gasteiger partial charge in [0.2, 0.25) is 0 Å². The third-order valence-corrected chi connectivity index (χ3v) is 3.55. The van der Waals surface area contributed by atoms with Crippen LogP contribution in [0.3, 0.4) is 0 Å². The summed E-state index contributed by atoms with van der Waals surface area (Å²) in [5.74, 6) is -1.83.